The van der Waals surface area contributed by atoms with Crippen LogP contribution in [-0.2, 0) is 0 Å². The molecule has 17 heavy (non-hydrogen) atoms. The van der Waals surface area contributed by atoms with Crippen molar-refractivity contribution < 1.29 is 0 Å². The number of rotatable bonds is 7. The van der Waals surface area contributed by atoms with Gasteiger partial charge in [0.1, 0.15) is 9.39 Å². The molecule has 96 valence electrons. The molecule has 0 aromatic carbocycles. The maximum absolute atomic E-state index is 11.4. The molecule has 0 aliphatic rings. The van der Waals surface area contributed by atoms with Crippen LogP contribution in [0.3, 0.4) is 0 Å². The van der Waals surface area contributed by atoms with Crippen LogP contribution in [0.15, 0.2) is 11.1 Å². The Bertz CT molecular complexity index is 392. The summed E-state index contributed by atoms with van der Waals surface area (Å²) in [6.07, 6.45) is 7.62. The molecule has 0 saturated heterocycles. The number of nitrogens with one attached hydrogen (secondary N) is 2. The number of aromatic amines is 1. The van der Waals surface area contributed by atoms with Crippen molar-refractivity contribution in [3.05, 3.63) is 20.3 Å². The minimum absolute atomic E-state index is 0.0821. The summed E-state index contributed by atoms with van der Waals surface area (Å²) in [7, 11) is 0. The summed E-state index contributed by atoms with van der Waals surface area (Å²) in [5.74, 6) is 0.692. The van der Waals surface area contributed by atoms with E-state index in [1.165, 1.54) is 32.0 Å². The number of nitrogens with zero attached hydrogens (tertiary/aromatic N) is 1. The highest BCUT2D eigenvalue weighted by atomic mass is 127. The van der Waals surface area contributed by atoms with E-state index in [-0.39, 0.29) is 5.56 Å². The van der Waals surface area contributed by atoms with E-state index >= 15 is 0 Å². The first-order valence-electron chi connectivity index (χ1n) is 6.14. The average molecular weight is 349 g/mol. The number of aromatic nitrogens is 2. The van der Waals surface area contributed by atoms with E-state index in [1.54, 1.807) is 0 Å². The predicted molar refractivity (Wildman–Crippen MR) is 79.4 cm³/mol. The van der Waals surface area contributed by atoms with Crippen LogP contribution >= 0.6 is 22.6 Å². The highest BCUT2D eigenvalue weighted by Crippen LogP contribution is 2.13. The van der Waals surface area contributed by atoms with Crippen molar-refractivity contribution in [2.45, 2.75) is 52.0 Å². The highest BCUT2D eigenvalue weighted by molar-refractivity contribution is 14.1. The molecule has 5 heteroatoms. The highest BCUT2D eigenvalue weighted by Gasteiger charge is 2.08. The normalized spacial score (nSPS) is 12.4. The molecule has 0 spiro atoms. The molecule has 0 saturated carbocycles. The maximum Gasteiger partial charge on any atom is 0.266 e. The van der Waals surface area contributed by atoms with E-state index in [0.717, 1.165) is 6.42 Å². The number of hydrogen-bond acceptors (Lipinski definition) is 3. The lowest BCUT2D eigenvalue weighted by Crippen LogP contribution is -2.21. The van der Waals surface area contributed by atoms with Gasteiger partial charge in [0.15, 0.2) is 0 Å². The van der Waals surface area contributed by atoms with Gasteiger partial charge in [-0.15, -0.1) is 0 Å². The molecule has 2 N–H and O–H groups in total. The minimum atomic E-state index is -0.0821. The van der Waals surface area contributed by atoms with Gasteiger partial charge >= 0.3 is 0 Å². The molecular formula is C12H20IN3O. The van der Waals surface area contributed by atoms with Crippen molar-refractivity contribution in [2.24, 2.45) is 0 Å². The molecule has 1 atom stereocenters. The van der Waals surface area contributed by atoms with Gasteiger partial charge in [0, 0.05) is 6.04 Å². The van der Waals surface area contributed by atoms with Crippen molar-refractivity contribution >= 4 is 28.4 Å². The molecule has 0 bridgehead atoms. The minimum Gasteiger partial charge on any atom is -0.367 e. The van der Waals surface area contributed by atoms with Gasteiger partial charge in [0.25, 0.3) is 5.56 Å². The smallest absolute Gasteiger partial charge is 0.266 e. The van der Waals surface area contributed by atoms with Crippen molar-refractivity contribution in [2.75, 3.05) is 5.32 Å². The molecule has 0 fully saturated rings. The SMILES string of the molecule is CCCCCCC(C)Nc1nc[nH]c(=O)c1I. The third-order valence-electron chi connectivity index (χ3n) is 2.67. The van der Waals surface area contributed by atoms with Crippen LogP contribution in [0, 0.1) is 3.57 Å². The summed E-state index contributed by atoms with van der Waals surface area (Å²) >= 11 is 2.02. The Morgan fingerprint density at radius 1 is 1.47 bits per heavy atom. The van der Waals surface area contributed by atoms with E-state index in [0.29, 0.717) is 15.4 Å². The Labute approximate surface area is 116 Å². The first-order valence-corrected chi connectivity index (χ1v) is 7.22. The molecular weight excluding hydrogens is 329 g/mol. The van der Waals surface area contributed by atoms with E-state index in [9.17, 15) is 4.79 Å². The molecule has 0 aliphatic heterocycles. The van der Waals surface area contributed by atoms with E-state index in [4.69, 9.17) is 0 Å². The second-order valence-corrected chi connectivity index (χ2v) is 5.37. The van der Waals surface area contributed by atoms with Crippen LogP contribution < -0.4 is 10.9 Å². The molecule has 1 unspecified atom stereocenters. The van der Waals surface area contributed by atoms with Crippen molar-refractivity contribution in [1.29, 1.82) is 0 Å². The summed E-state index contributed by atoms with van der Waals surface area (Å²) < 4.78 is 0.630. The standard InChI is InChI=1S/C12H20IN3O/c1-3-4-5-6-7-9(2)16-11-10(13)12(17)15-8-14-11/h8-9H,3-7H2,1-2H3,(H2,14,15,16,17). The quantitative estimate of drug-likeness (QED) is 0.587. The predicted octanol–water partition coefficient (Wildman–Crippen LogP) is 3.15. The molecule has 1 rings (SSSR count). The third kappa shape index (κ3) is 5.06. The molecule has 1 aromatic heterocycles. The van der Waals surface area contributed by atoms with Crippen LogP contribution in [0.1, 0.15) is 46.0 Å². The zero-order valence-electron chi connectivity index (χ0n) is 10.4. The maximum atomic E-state index is 11.4. The van der Waals surface area contributed by atoms with Crippen molar-refractivity contribution in [1.82, 2.24) is 9.97 Å². The number of hydrogen-bond donors (Lipinski definition) is 2. The lowest BCUT2D eigenvalue weighted by atomic mass is 10.1. The van der Waals surface area contributed by atoms with Gasteiger partial charge in [0.05, 0.1) is 6.33 Å². The first-order chi connectivity index (χ1) is 8.15. The number of anilines is 1. The zero-order valence-corrected chi connectivity index (χ0v) is 12.6. The fourth-order valence-electron chi connectivity index (χ4n) is 1.67. The van der Waals surface area contributed by atoms with E-state index < -0.39 is 0 Å². The fraction of sp³-hybridized carbons (Fsp3) is 0.667. The lowest BCUT2D eigenvalue weighted by Gasteiger charge is -2.14. The Morgan fingerprint density at radius 3 is 2.94 bits per heavy atom. The first kappa shape index (κ1) is 14.5. The molecule has 0 aliphatic carbocycles. The Morgan fingerprint density at radius 2 is 2.24 bits per heavy atom. The number of halogens is 1. The van der Waals surface area contributed by atoms with Gasteiger partial charge in [0.2, 0.25) is 0 Å². The Kier molecular flexibility index (Phi) is 6.54. The second kappa shape index (κ2) is 7.68. The van der Waals surface area contributed by atoms with E-state index in [1.807, 2.05) is 22.6 Å². The molecule has 0 amide bonds. The van der Waals surface area contributed by atoms with E-state index in [2.05, 4.69) is 29.1 Å². The van der Waals surface area contributed by atoms with Gasteiger partial charge in [-0.25, -0.2) is 4.98 Å². The molecule has 1 aromatic rings. The van der Waals surface area contributed by atoms with Crippen LogP contribution in [0.4, 0.5) is 5.82 Å². The topological polar surface area (TPSA) is 57.8 Å². The molecule has 1 heterocycles. The van der Waals surface area contributed by atoms with Crippen LogP contribution in [0.2, 0.25) is 0 Å². The average Bonchev–Trinajstić information content (AvgIpc) is 2.31. The van der Waals surface area contributed by atoms with Gasteiger partial charge in [-0.05, 0) is 35.9 Å². The zero-order chi connectivity index (χ0) is 12.7. The summed E-state index contributed by atoms with van der Waals surface area (Å²) in [5.41, 5.74) is -0.0821. The van der Waals surface area contributed by atoms with Crippen molar-refractivity contribution in [3.8, 4) is 0 Å². The third-order valence-corrected chi connectivity index (χ3v) is 3.67. The number of H-pyrrole nitrogens is 1. The van der Waals surface area contributed by atoms with Gasteiger partial charge in [-0.1, -0.05) is 32.6 Å². The fourth-order valence-corrected chi connectivity index (χ4v) is 2.12. The largest absolute Gasteiger partial charge is 0.367 e. The molecule has 0 radical (unpaired) electrons. The lowest BCUT2D eigenvalue weighted by molar-refractivity contribution is 0.592. The summed E-state index contributed by atoms with van der Waals surface area (Å²) in [6.45, 7) is 4.34. The van der Waals surface area contributed by atoms with Crippen LogP contribution in [0.5, 0.6) is 0 Å². The van der Waals surface area contributed by atoms with Gasteiger partial charge in [-0.3, -0.25) is 4.79 Å². The second-order valence-electron chi connectivity index (χ2n) is 4.29. The summed E-state index contributed by atoms with van der Waals surface area (Å²) in [5, 5.41) is 3.29. The number of unbranched alkanes of at least 4 members (excludes halogenated alkanes) is 3. The van der Waals surface area contributed by atoms with Crippen molar-refractivity contribution in [3.63, 3.8) is 0 Å². The Balaban J connectivity index is 2.42. The van der Waals surface area contributed by atoms with Gasteiger partial charge < -0.3 is 10.3 Å². The summed E-state index contributed by atoms with van der Waals surface area (Å²) in [6, 6.07) is 0.356. The monoisotopic (exact) mass is 349 g/mol. The van der Waals surface area contributed by atoms with Crippen LogP contribution in [-0.4, -0.2) is 16.0 Å². The van der Waals surface area contributed by atoms with Crippen LogP contribution in [0.25, 0.3) is 0 Å². The summed E-state index contributed by atoms with van der Waals surface area (Å²) in [4.78, 5) is 18.1. The van der Waals surface area contributed by atoms with Gasteiger partial charge in [-0.2, -0.15) is 0 Å². The molecule has 4 nitrogen and oxygen atoms in total. The Hall–Kier alpha value is -0.590.